The second kappa shape index (κ2) is 5.91. The minimum atomic E-state index is -1.63. The predicted octanol–water partition coefficient (Wildman–Crippen LogP) is 1.42. The molecule has 3 nitrogen and oxygen atoms in total. The van der Waals surface area contributed by atoms with Crippen molar-refractivity contribution in [3.8, 4) is 0 Å². The molecule has 0 unspecified atom stereocenters. The van der Waals surface area contributed by atoms with E-state index in [1.54, 1.807) is 0 Å². The number of ether oxygens (including phenoxy) is 1. The van der Waals surface area contributed by atoms with Crippen LogP contribution < -0.4 is 3.30 Å². The molecule has 0 spiro atoms. The Kier molecular flexibility index (Phi) is 6.05. The average molecular weight is 289 g/mol. The van der Waals surface area contributed by atoms with Crippen molar-refractivity contribution in [2.75, 3.05) is 13.2 Å². The number of hydrogen-bond acceptors (Lipinski definition) is 2. The second-order valence-electron chi connectivity index (χ2n) is 4.15. The van der Waals surface area contributed by atoms with Crippen molar-refractivity contribution in [2.45, 2.75) is 30.1 Å². The van der Waals surface area contributed by atoms with Crippen LogP contribution in [-0.2, 0) is 9.53 Å². The summed E-state index contributed by atoms with van der Waals surface area (Å²) in [4.78, 5) is 11.6. The Morgan fingerprint density at radius 3 is 2.38 bits per heavy atom. The van der Waals surface area contributed by atoms with E-state index in [1.165, 1.54) is 0 Å². The molecule has 0 aromatic carbocycles. The van der Waals surface area contributed by atoms with Crippen LogP contribution in [0.5, 0.6) is 0 Å². The number of rotatable bonds is 5. The van der Waals surface area contributed by atoms with Crippen LogP contribution in [0.25, 0.3) is 0 Å². The van der Waals surface area contributed by atoms with Crippen molar-refractivity contribution in [1.82, 2.24) is 3.30 Å². The Hall–Kier alpha value is 0.300. The molecular formula is C9H20InNO2. The fourth-order valence-electron chi connectivity index (χ4n) is 0.880. The van der Waals surface area contributed by atoms with Gasteiger partial charge >= 0.3 is 89.2 Å². The summed E-state index contributed by atoms with van der Waals surface area (Å²) in [5, 5.41) is 0. The number of nitrogens with one attached hydrogen (secondary N) is 1. The van der Waals surface area contributed by atoms with Gasteiger partial charge in [0, 0.05) is 0 Å². The van der Waals surface area contributed by atoms with Gasteiger partial charge in [0.05, 0.1) is 0 Å². The van der Waals surface area contributed by atoms with Gasteiger partial charge in [0.2, 0.25) is 0 Å². The van der Waals surface area contributed by atoms with E-state index < -0.39 is 21.7 Å². The molecule has 4 heteroatoms. The van der Waals surface area contributed by atoms with Crippen molar-refractivity contribution in [3.63, 3.8) is 0 Å². The number of amides is 1. The van der Waals surface area contributed by atoms with Crippen molar-refractivity contribution < 1.29 is 9.53 Å². The first-order chi connectivity index (χ1) is 5.90. The SMILES string of the molecule is CCOCC(C)(C)C(=O)[NH][In]([CH3])[CH3]. The molecule has 0 saturated carbocycles. The summed E-state index contributed by atoms with van der Waals surface area (Å²) in [6.45, 7) is 6.96. The van der Waals surface area contributed by atoms with Crippen molar-refractivity contribution in [2.24, 2.45) is 5.41 Å². The van der Waals surface area contributed by atoms with Gasteiger partial charge in [-0.05, 0) is 0 Å². The number of carbonyl (C=O) groups is 1. The third kappa shape index (κ3) is 5.57. The molecule has 0 aliphatic rings. The Labute approximate surface area is 89.2 Å². The van der Waals surface area contributed by atoms with Crippen LogP contribution in [0.2, 0.25) is 9.36 Å². The first kappa shape index (κ1) is 13.3. The zero-order chi connectivity index (χ0) is 10.5. The first-order valence-corrected chi connectivity index (χ1v) is 13.0. The molecule has 0 radical (unpaired) electrons. The Morgan fingerprint density at radius 1 is 1.46 bits per heavy atom. The van der Waals surface area contributed by atoms with Crippen LogP contribution in [0, 0.1) is 5.41 Å². The Balaban J connectivity index is 4.03. The van der Waals surface area contributed by atoms with E-state index >= 15 is 0 Å². The molecule has 0 fully saturated rings. The van der Waals surface area contributed by atoms with Crippen molar-refractivity contribution >= 4 is 27.6 Å². The summed E-state index contributed by atoms with van der Waals surface area (Å²) in [6.07, 6.45) is 0. The Morgan fingerprint density at radius 2 is 2.00 bits per heavy atom. The molecule has 0 heterocycles. The van der Waals surface area contributed by atoms with E-state index in [9.17, 15) is 4.79 Å². The normalized spacial score (nSPS) is 11.2. The van der Waals surface area contributed by atoms with Gasteiger partial charge in [0.15, 0.2) is 0 Å². The summed E-state index contributed by atoms with van der Waals surface area (Å²) in [7, 11) is 0. The van der Waals surface area contributed by atoms with E-state index in [0.29, 0.717) is 13.2 Å². The molecule has 0 aliphatic carbocycles. The fourth-order valence-corrected chi connectivity index (χ4v) is 3.49. The summed E-state index contributed by atoms with van der Waals surface area (Å²) in [5.74, 6) is 0.145. The molecular weight excluding hydrogens is 269 g/mol. The molecule has 0 bridgehead atoms. The number of carbonyl (C=O) groups excluding carboxylic acids is 1. The maximum atomic E-state index is 11.6. The standard InChI is InChI=1S/C7H15NO2.2CH3.In/c1-4-10-5-7(2,3)6(8)9;;;/h4-5H2,1-3H3,(H2,8,9);2*1H3;/q;;;+1/p-1. The monoisotopic (exact) mass is 289 g/mol. The molecule has 0 rings (SSSR count). The molecule has 0 saturated heterocycles. The van der Waals surface area contributed by atoms with Gasteiger partial charge in [0.1, 0.15) is 0 Å². The van der Waals surface area contributed by atoms with Gasteiger partial charge in [-0.25, -0.2) is 0 Å². The second-order valence-corrected chi connectivity index (χ2v) is 11.6. The van der Waals surface area contributed by atoms with Crippen LogP contribution in [0.4, 0.5) is 0 Å². The first-order valence-electron chi connectivity index (χ1n) is 4.79. The average Bonchev–Trinajstić information content (AvgIpc) is 1.99. The summed E-state index contributed by atoms with van der Waals surface area (Å²) in [6, 6.07) is 0. The number of hydrogen-bond donors (Lipinski definition) is 1. The Bertz CT molecular complexity index is 169. The van der Waals surface area contributed by atoms with Crippen LogP contribution in [0.3, 0.4) is 0 Å². The third-order valence-electron chi connectivity index (χ3n) is 1.70. The summed E-state index contributed by atoms with van der Waals surface area (Å²) < 4.78 is 12.7. The minimum absolute atomic E-state index is 0.145. The fraction of sp³-hybridized carbons (Fsp3) is 0.889. The molecule has 0 aliphatic heterocycles. The van der Waals surface area contributed by atoms with E-state index in [-0.39, 0.29) is 11.3 Å². The van der Waals surface area contributed by atoms with Crippen LogP contribution in [0.1, 0.15) is 20.8 Å². The van der Waals surface area contributed by atoms with Gasteiger partial charge in [-0.15, -0.1) is 0 Å². The van der Waals surface area contributed by atoms with E-state index in [1.807, 2.05) is 20.8 Å². The van der Waals surface area contributed by atoms with Crippen LogP contribution in [-0.4, -0.2) is 40.8 Å². The molecule has 1 amide bonds. The quantitative estimate of drug-likeness (QED) is 0.831. The predicted molar refractivity (Wildman–Crippen MR) is 55.9 cm³/mol. The van der Waals surface area contributed by atoms with Crippen LogP contribution in [0.15, 0.2) is 0 Å². The van der Waals surface area contributed by atoms with Crippen molar-refractivity contribution in [1.29, 1.82) is 0 Å². The molecule has 0 aromatic heterocycles. The zero-order valence-electron chi connectivity index (χ0n) is 9.31. The molecule has 1 N–H and O–H groups in total. The van der Waals surface area contributed by atoms with Gasteiger partial charge in [-0.1, -0.05) is 0 Å². The van der Waals surface area contributed by atoms with Gasteiger partial charge < -0.3 is 0 Å². The molecule has 13 heavy (non-hydrogen) atoms. The topological polar surface area (TPSA) is 38.3 Å². The van der Waals surface area contributed by atoms with Gasteiger partial charge in [0.25, 0.3) is 0 Å². The molecule has 76 valence electrons. The molecule has 0 atom stereocenters. The van der Waals surface area contributed by atoms with E-state index in [2.05, 4.69) is 12.7 Å². The van der Waals surface area contributed by atoms with Crippen LogP contribution >= 0.6 is 0 Å². The third-order valence-corrected chi connectivity index (χ3v) is 4.10. The maximum absolute atomic E-state index is 11.6. The van der Waals surface area contributed by atoms with E-state index in [4.69, 9.17) is 4.74 Å². The van der Waals surface area contributed by atoms with Gasteiger partial charge in [-0.3, -0.25) is 0 Å². The summed E-state index contributed by atoms with van der Waals surface area (Å²) >= 11 is -1.63. The summed E-state index contributed by atoms with van der Waals surface area (Å²) in [5.41, 5.74) is -0.378. The van der Waals surface area contributed by atoms with Crippen molar-refractivity contribution in [3.05, 3.63) is 0 Å². The molecule has 0 aromatic rings. The zero-order valence-corrected chi connectivity index (χ0v) is 12.6. The van der Waals surface area contributed by atoms with Gasteiger partial charge in [-0.2, -0.15) is 0 Å². The van der Waals surface area contributed by atoms with E-state index in [0.717, 1.165) is 0 Å².